The first-order chi connectivity index (χ1) is 2.94. The molecule has 8 heavy (non-hydrogen) atoms. The van der Waals surface area contributed by atoms with Crippen molar-refractivity contribution in [1.82, 2.24) is 0 Å². The Morgan fingerprint density at radius 2 is 1.62 bits per heavy atom. The second-order valence-electron chi connectivity index (χ2n) is 1.86. The van der Waals surface area contributed by atoms with Gasteiger partial charge in [-0.3, -0.25) is 4.57 Å². The third-order valence-corrected chi connectivity index (χ3v) is 1.57. The Balaban J connectivity index is 0. The van der Waals surface area contributed by atoms with Crippen molar-refractivity contribution >= 4 is 37.6 Å². The van der Waals surface area contributed by atoms with Crippen molar-refractivity contribution in [3.8, 4) is 0 Å². The molecule has 0 saturated carbocycles. The molecule has 0 amide bonds. The Kier molecular flexibility index (Phi) is 6.01. The predicted octanol–water partition coefficient (Wildman–Crippen LogP) is -0.199. The first-order valence-corrected chi connectivity index (χ1v) is 3.26. The van der Waals surface area contributed by atoms with Crippen LogP contribution in [0.2, 0.25) is 0 Å². The van der Waals surface area contributed by atoms with Gasteiger partial charge in [0, 0.05) is 29.6 Å². The zero-order valence-electron chi connectivity index (χ0n) is 5.30. The fraction of sp³-hybridized carbons (Fsp3) is 1.00. The summed E-state index contributed by atoms with van der Waals surface area (Å²) in [5.74, 6) is 0. The van der Waals surface area contributed by atoms with Gasteiger partial charge in [-0.15, -0.1) is 0 Å². The maximum absolute atomic E-state index is 9.96. The molecule has 0 heterocycles. The minimum Gasteiger partial charge on any atom is -0.381 e. The van der Waals surface area contributed by atoms with Crippen LogP contribution < -0.4 is 0 Å². The van der Waals surface area contributed by atoms with E-state index in [-0.39, 0.29) is 29.6 Å². The van der Waals surface area contributed by atoms with Gasteiger partial charge >= 0.3 is 0 Å². The number of rotatable bonds is 1. The normalized spacial score (nSPS) is 14.5. The molecule has 0 aliphatic heterocycles. The molecule has 0 fully saturated rings. The van der Waals surface area contributed by atoms with Gasteiger partial charge in [0.25, 0.3) is 0 Å². The van der Waals surface area contributed by atoms with Gasteiger partial charge in [-0.05, 0) is 13.8 Å². The van der Waals surface area contributed by atoms with E-state index in [1.165, 1.54) is 13.8 Å². The van der Waals surface area contributed by atoms with Gasteiger partial charge in [0.05, 0.1) is 0 Å². The summed E-state index contributed by atoms with van der Waals surface area (Å²) in [6.45, 7) is 2.60. The molecule has 2 N–H and O–H groups in total. The van der Waals surface area contributed by atoms with Crippen molar-refractivity contribution in [1.29, 1.82) is 0 Å². The molecule has 0 aromatic heterocycles. The van der Waals surface area contributed by atoms with Crippen molar-refractivity contribution in [3.05, 3.63) is 0 Å². The van der Waals surface area contributed by atoms with Crippen LogP contribution in [0.25, 0.3) is 0 Å². The summed E-state index contributed by atoms with van der Waals surface area (Å²) < 4.78 is 9.96. The summed E-state index contributed by atoms with van der Waals surface area (Å²) in [6, 6.07) is 0. The van der Waals surface area contributed by atoms with Crippen LogP contribution in [0, 0.1) is 0 Å². The molecule has 0 rings (SSSR count). The smallest absolute Gasteiger partial charge is 0.219 e. The van der Waals surface area contributed by atoms with E-state index in [4.69, 9.17) is 10.00 Å². The van der Waals surface area contributed by atoms with Crippen LogP contribution in [0.4, 0.5) is 0 Å². The third kappa shape index (κ3) is 5.29. The van der Waals surface area contributed by atoms with Crippen molar-refractivity contribution in [3.63, 3.8) is 0 Å². The van der Waals surface area contributed by atoms with Crippen LogP contribution in [-0.2, 0) is 4.57 Å². The van der Waals surface area contributed by atoms with E-state index >= 15 is 0 Å². The predicted molar refractivity (Wildman–Crippen MR) is 33.3 cm³/mol. The molecule has 0 bridgehead atoms. The monoisotopic (exact) mass is 147 g/mol. The minimum atomic E-state index is -2.74. The van der Waals surface area contributed by atoms with Crippen LogP contribution >= 0.6 is 8.03 Å². The van der Waals surface area contributed by atoms with E-state index in [1.807, 2.05) is 0 Å². The number of aliphatic hydroxyl groups is 1. The maximum Gasteiger partial charge on any atom is 0.219 e. The molecule has 1 unspecified atom stereocenters. The fourth-order valence-electron chi connectivity index (χ4n) is 0. The van der Waals surface area contributed by atoms with Crippen molar-refractivity contribution in [2.45, 2.75) is 19.2 Å². The largest absolute Gasteiger partial charge is 0.381 e. The number of hydrogen-bond acceptors (Lipinski definition) is 2. The summed E-state index contributed by atoms with van der Waals surface area (Å²) in [5.41, 5.74) is 0. The SMILES string of the molecule is CC(C)(O)[PH](=O)O.[Na]. The Bertz CT molecular complexity index is 87.0. The zero-order chi connectivity index (χ0) is 6.08. The minimum absolute atomic E-state index is 0. The van der Waals surface area contributed by atoms with Crippen LogP contribution in [0.15, 0.2) is 0 Å². The van der Waals surface area contributed by atoms with E-state index in [2.05, 4.69) is 0 Å². The Labute approximate surface area is 71.3 Å². The van der Waals surface area contributed by atoms with Crippen molar-refractivity contribution < 1.29 is 14.6 Å². The molecule has 5 heteroatoms. The average molecular weight is 147 g/mol. The summed E-state index contributed by atoms with van der Waals surface area (Å²) in [4.78, 5) is 8.19. The third-order valence-electron chi connectivity index (χ3n) is 0.523. The summed E-state index contributed by atoms with van der Waals surface area (Å²) >= 11 is 0. The van der Waals surface area contributed by atoms with Crippen LogP contribution in [0.1, 0.15) is 13.8 Å². The first kappa shape index (κ1) is 11.9. The molecule has 1 radical (unpaired) electrons. The van der Waals surface area contributed by atoms with Gasteiger partial charge in [0.2, 0.25) is 8.03 Å². The Morgan fingerprint density at radius 1 is 1.50 bits per heavy atom. The van der Waals surface area contributed by atoms with E-state index in [1.54, 1.807) is 0 Å². The first-order valence-electron chi connectivity index (χ1n) is 1.90. The van der Waals surface area contributed by atoms with Gasteiger partial charge in [-0.1, -0.05) is 0 Å². The second-order valence-corrected chi connectivity index (χ2v) is 3.70. The van der Waals surface area contributed by atoms with E-state index < -0.39 is 13.4 Å². The molecule has 0 saturated heterocycles. The van der Waals surface area contributed by atoms with Gasteiger partial charge in [-0.2, -0.15) is 0 Å². The van der Waals surface area contributed by atoms with Gasteiger partial charge in [0.15, 0.2) is 0 Å². The molecule has 0 aliphatic rings. The fourth-order valence-corrected chi connectivity index (χ4v) is 0. The summed E-state index contributed by atoms with van der Waals surface area (Å²) in [6.07, 6.45) is 0. The standard InChI is InChI=1S/C3H9O3P.Na/c1-3(2,4)7(5)6;/h4,7H,1-2H3,(H,5,6);. The molecule has 3 nitrogen and oxygen atoms in total. The molecule has 0 aromatic rings. The molecule has 0 aliphatic carbocycles. The molecular weight excluding hydrogens is 138 g/mol. The van der Waals surface area contributed by atoms with Gasteiger partial charge in [-0.25, -0.2) is 0 Å². The topological polar surface area (TPSA) is 57.5 Å². The average Bonchev–Trinajstić information content (AvgIpc) is 1.31. The Morgan fingerprint density at radius 3 is 1.62 bits per heavy atom. The van der Waals surface area contributed by atoms with Gasteiger partial charge in [0.1, 0.15) is 5.34 Å². The summed E-state index contributed by atoms with van der Waals surface area (Å²) in [7, 11) is -2.74. The molecule has 1 atom stereocenters. The van der Waals surface area contributed by atoms with Crippen molar-refractivity contribution in [2.75, 3.05) is 0 Å². The molecule has 45 valence electrons. The Hall–Kier alpha value is 1.15. The van der Waals surface area contributed by atoms with E-state index in [0.29, 0.717) is 0 Å². The summed E-state index contributed by atoms with van der Waals surface area (Å²) in [5, 5.41) is 7.18. The van der Waals surface area contributed by atoms with Gasteiger partial charge < -0.3 is 10.00 Å². The van der Waals surface area contributed by atoms with Crippen molar-refractivity contribution in [2.24, 2.45) is 0 Å². The van der Waals surface area contributed by atoms with E-state index in [9.17, 15) is 4.57 Å². The van der Waals surface area contributed by atoms with Crippen LogP contribution in [0.3, 0.4) is 0 Å². The van der Waals surface area contributed by atoms with Crippen LogP contribution in [-0.4, -0.2) is 44.9 Å². The maximum atomic E-state index is 9.96. The molecular formula is C3H9NaO3P. The quantitative estimate of drug-likeness (QED) is 0.399. The second kappa shape index (κ2) is 4.04. The van der Waals surface area contributed by atoms with E-state index in [0.717, 1.165) is 0 Å². The molecule has 0 aromatic carbocycles. The van der Waals surface area contributed by atoms with Crippen LogP contribution in [0.5, 0.6) is 0 Å². The number of hydrogen-bond donors (Lipinski definition) is 2. The molecule has 0 spiro atoms. The zero-order valence-corrected chi connectivity index (χ0v) is 8.30.